The van der Waals surface area contributed by atoms with Gasteiger partial charge in [0.15, 0.2) is 0 Å². The van der Waals surface area contributed by atoms with Gasteiger partial charge in [-0.2, -0.15) is 0 Å². The van der Waals surface area contributed by atoms with Crippen molar-refractivity contribution in [2.24, 2.45) is 11.8 Å². The van der Waals surface area contributed by atoms with Crippen molar-refractivity contribution < 1.29 is 9.53 Å². The quantitative estimate of drug-likeness (QED) is 0.615. The van der Waals surface area contributed by atoms with Gasteiger partial charge in [-0.1, -0.05) is 0 Å². The smallest absolute Gasteiger partial charge is 0.410 e. The van der Waals surface area contributed by atoms with Crippen molar-refractivity contribution in [1.29, 1.82) is 0 Å². The van der Waals surface area contributed by atoms with E-state index in [1.165, 1.54) is 0 Å². The molecule has 2 unspecified atom stereocenters. The zero-order chi connectivity index (χ0) is 11.9. The van der Waals surface area contributed by atoms with Gasteiger partial charge in [0.1, 0.15) is 5.60 Å². The number of nitrogens with zero attached hydrogens (tertiary/aromatic N) is 1. The Morgan fingerprint density at radius 2 is 1.75 bits per heavy atom. The summed E-state index contributed by atoms with van der Waals surface area (Å²) < 4.78 is 5.37. The normalized spacial score (nSPS) is 34.0. The Morgan fingerprint density at radius 1 is 1.25 bits per heavy atom. The zero-order valence-corrected chi connectivity index (χ0v) is 11.0. The van der Waals surface area contributed by atoms with E-state index in [2.05, 4.69) is 0 Å². The molecule has 1 aliphatic carbocycles. The fraction of sp³-hybridized carbons (Fsp3) is 0.917. The van der Waals surface area contributed by atoms with Gasteiger partial charge in [0.05, 0.1) is 0 Å². The fourth-order valence-corrected chi connectivity index (χ4v) is 3.16. The van der Waals surface area contributed by atoms with Crippen molar-refractivity contribution in [3.05, 3.63) is 0 Å². The highest BCUT2D eigenvalue weighted by atomic mass is 35.5. The molecule has 0 aromatic rings. The number of alkyl halides is 1. The summed E-state index contributed by atoms with van der Waals surface area (Å²) in [7, 11) is 0. The Labute approximate surface area is 102 Å². The first-order valence-corrected chi connectivity index (χ1v) is 6.41. The number of halogens is 1. The van der Waals surface area contributed by atoms with E-state index in [1.807, 2.05) is 25.7 Å². The van der Waals surface area contributed by atoms with Gasteiger partial charge in [-0.3, -0.25) is 0 Å². The molecule has 0 spiro atoms. The lowest BCUT2D eigenvalue weighted by atomic mass is 10.0. The highest BCUT2D eigenvalue weighted by Crippen LogP contribution is 2.40. The molecular weight excluding hydrogens is 226 g/mol. The number of amides is 1. The Bertz CT molecular complexity index is 273. The van der Waals surface area contributed by atoms with Crippen LogP contribution in [0.4, 0.5) is 4.79 Å². The van der Waals surface area contributed by atoms with Crippen molar-refractivity contribution in [2.75, 3.05) is 13.1 Å². The molecule has 1 amide bonds. The molecule has 2 aliphatic rings. The summed E-state index contributed by atoms with van der Waals surface area (Å²) >= 11 is 6.11. The third-order valence-corrected chi connectivity index (χ3v) is 3.70. The molecule has 1 saturated heterocycles. The number of hydrogen-bond donors (Lipinski definition) is 0. The first-order valence-electron chi connectivity index (χ1n) is 5.97. The monoisotopic (exact) mass is 245 g/mol. The second-order valence-electron chi connectivity index (χ2n) is 5.97. The predicted octanol–water partition coefficient (Wildman–Crippen LogP) is 2.87. The van der Waals surface area contributed by atoms with Crippen LogP contribution in [0.25, 0.3) is 0 Å². The van der Waals surface area contributed by atoms with Crippen LogP contribution in [-0.4, -0.2) is 35.1 Å². The third-order valence-electron chi connectivity index (χ3n) is 3.35. The average molecular weight is 246 g/mol. The van der Waals surface area contributed by atoms with Crippen LogP contribution in [0.2, 0.25) is 0 Å². The molecule has 2 rings (SSSR count). The highest BCUT2D eigenvalue weighted by molar-refractivity contribution is 6.20. The van der Waals surface area contributed by atoms with E-state index in [0.29, 0.717) is 17.2 Å². The average Bonchev–Trinajstić information content (AvgIpc) is 2.56. The number of ether oxygens (including phenoxy) is 1. The van der Waals surface area contributed by atoms with Crippen LogP contribution in [0.3, 0.4) is 0 Å². The SMILES string of the molecule is CC(C)(C)OC(=O)N1CC2CC(Cl)CC2C1. The second-order valence-corrected chi connectivity index (χ2v) is 6.59. The van der Waals surface area contributed by atoms with E-state index >= 15 is 0 Å². The summed E-state index contributed by atoms with van der Waals surface area (Å²) in [5, 5.41) is 0.316. The van der Waals surface area contributed by atoms with Crippen LogP contribution in [0.1, 0.15) is 33.6 Å². The lowest BCUT2D eigenvalue weighted by Gasteiger charge is -2.25. The van der Waals surface area contributed by atoms with Crippen LogP contribution in [0.5, 0.6) is 0 Å². The topological polar surface area (TPSA) is 29.5 Å². The summed E-state index contributed by atoms with van der Waals surface area (Å²) in [4.78, 5) is 13.7. The Balaban J connectivity index is 1.88. The summed E-state index contributed by atoms with van der Waals surface area (Å²) in [6.07, 6.45) is 1.92. The molecule has 0 bridgehead atoms. The maximum atomic E-state index is 11.8. The largest absolute Gasteiger partial charge is 0.444 e. The summed E-state index contributed by atoms with van der Waals surface area (Å²) in [5.41, 5.74) is -0.399. The minimum Gasteiger partial charge on any atom is -0.444 e. The minimum atomic E-state index is -0.399. The van der Waals surface area contributed by atoms with Crippen molar-refractivity contribution in [3.8, 4) is 0 Å². The van der Waals surface area contributed by atoms with E-state index in [1.54, 1.807) is 0 Å². The van der Waals surface area contributed by atoms with E-state index < -0.39 is 5.60 Å². The van der Waals surface area contributed by atoms with Gasteiger partial charge in [-0.15, -0.1) is 11.6 Å². The van der Waals surface area contributed by atoms with Crippen LogP contribution in [0.15, 0.2) is 0 Å². The van der Waals surface area contributed by atoms with Gasteiger partial charge in [0.2, 0.25) is 0 Å². The van der Waals surface area contributed by atoms with E-state index in [0.717, 1.165) is 25.9 Å². The molecule has 0 aromatic carbocycles. The molecule has 2 atom stereocenters. The first-order chi connectivity index (χ1) is 7.35. The lowest BCUT2D eigenvalue weighted by Crippen LogP contribution is -2.36. The number of hydrogen-bond acceptors (Lipinski definition) is 2. The number of likely N-dealkylation sites (tertiary alicyclic amines) is 1. The van der Waals surface area contributed by atoms with E-state index in [-0.39, 0.29) is 6.09 Å². The second kappa shape index (κ2) is 4.10. The number of rotatable bonds is 0. The molecule has 92 valence electrons. The maximum absolute atomic E-state index is 11.8. The predicted molar refractivity (Wildman–Crippen MR) is 63.7 cm³/mol. The van der Waals surface area contributed by atoms with E-state index in [4.69, 9.17) is 16.3 Å². The molecule has 4 heteroatoms. The van der Waals surface area contributed by atoms with Gasteiger partial charge < -0.3 is 9.64 Å². The maximum Gasteiger partial charge on any atom is 0.410 e. The molecule has 0 aromatic heterocycles. The van der Waals surface area contributed by atoms with Crippen molar-refractivity contribution in [2.45, 2.75) is 44.6 Å². The van der Waals surface area contributed by atoms with Crippen molar-refractivity contribution >= 4 is 17.7 Å². The molecular formula is C12H20ClNO2. The molecule has 1 heterocycles. The number of carbonyl (C=O) groups excluding carboxylic acids is 1. The Morgan fingerprint density at radius 3 is 2.19 bits per heavy atom. The fourth-order valence-electron chi connectivity index (χ4n) is 2.70. The summed E-state index contributed by atoms with van der Waals surface area (Å²) in [6, 6.07) is 0. The first kappa shape index (κ1) is 12.0. The van der Waals surface area contributed by atoms with Crippen molar-refractivity contribution in [1.82, 2.24) is 4.90 Å². The van der Waals surface area contributed by atoms with Gasteiger partial charge >= 0.3 is 6.09 Å². The van der Waals surface area contributed by atoms with Crippen LogP contribution >= 0.6 is 11.6 Å². The summed E-state index contributed by atoms with van der Waals surface area (Å²) in [5.74, 6) is 1.19. The minimum absolute atomic E-state index is 0.173. The van der Waals surface area contributed by atoms with Gasteiger partial charge in [0.25, 0.3) is 0 Å². The number of fused-ring (bicyclic) bond motifs is 1. The van der Waals surface area contributed by atoms with Gasteiger partial charge in [0, 0.05) is 18.5 Å². The lowest BCUT2D eigenvalue weighted by molar-refractivity contribution is 0.0280. The third kappa shape index (κ3) is 2.62. The molecule has 1 saturated carbocycles. The zero-order valence-electron chi connectivity index (χ0n) is 10.2. The van der Waals surface area contributed by atoms with Crippen LogP contribution in [-0.2, 0) is 4.74 Å². The van der Waals surface area contributed by atoms with E-state index in [9.17, 15) is 4.79 Å². The van der Waals surface area contributed by atoms with Crippen LogP contribution in [0, 0.1) is 11.8 Å². The molecule has 0 radical (unpaired) electrons. The van der Waals surface area contributed by atoms with Gasteiger partial charge in [-0.25, -0.2) is 4.79 Å². The highest BCUT2D eigenvalue weighted by Gasteiger charge is 2.42. The molecule has 3 nitrogen and oxygen atoms in total. The van der Waals surface area contributed by atoms with Crippen LogP contribution < -0.4 is 0 Å². The standard InChI is InChI=1S/C12H20ClNO2/c1-12(2,3)16-11(15)14-6-8-4-10(13)5-9(8)7-14/h8-10H,4-7H2,1-3H3. The molecule has 16 heavy (non-hydrogen) atoms. The Hall–Kier alpha value is -0.440. The summed E-state index contributed by atoms with van der Waals surface area (Å²) in [6.45, 7) is 7.34. The van der Waals surface area contributed by atoms with Gasteiger partial charge in [-0.05, 0) is 45.4 Å². The molecule has 1 aliphatic heterocycles. The molecule has 0 N–H and O–H groups in total. The number of carbonyl (C=O) groups is 1. The Kier molecular flexibility index (Phi) is 3.08. The van der Waals surface area contributed by atoms with Crippen molar-refractivity contribution in [3.63, 3.8) is 0 Å². The molecule has 2 fully saturated rings.